The minimum atomic E-state index is 0.820. The molecule has 2 aromatic heterocycles. The summed E-state index contributed by atoms with van der Waals surface area (Å²) >= 11 is 1.80. The van der Waals surface area contributed by atoms with Gasteiger partial charge in [0.15, 0.2) is 5.82 Å². The molecule has 0 saturated carbocycles. The maximum Gasteiger partial charge on any atom is 0.158 e. The van der Waals surface area contributed by atoms with Gasteiger partial charge in [-0.05, 0) is 48.8 Å². The van der Waals surface area contributed by atoms with Crippen LogP contribution in [0.1, 0.15) is 41.3 Å². The molecule has 1 N–H and O–H groups in total. The smallest absolute Gasteiger partial charge is 0.158 e. The van der Waals surface area contributed by atoms with Crippen LogP contribution in [0.25, 0.3) is 10.2 Å². The van der Waals surface area contributed by atoms with Crippen LogP contribution in [0.2, 0.25) is 0 Å². The van der Waals surface area contributed by atoms with E-state index in [0.717, 1.165) is 34.4 Å². The number of nitrogens with zero attached hydrogens (tertiary/aromatic N) is 3. The van der Waals surface area contributed by atoms with Crippen LogP contribution in [0.3, 0.4) is 0 Å². The Labute approximate surface area is 145 Å². The van der Waals surface area contributed by atoms with E-state index in [1.165, 1.54) is 35.3 Å². The zero-order chi connectivity index (χ0) is 16.4. The molecule has 1 aliphatic rings. The van der Waals surface area contributed by atoms with Gasteiger partial charge in [-0.3, -0.25) is 5.43 Å². The van der Waals surface area contributed by atoms with Gasteiger partial charge in [0.05, 0.1) is 11.6 Å². The van der Waals surface area contributed by atoms with Crippen molar-refractivity contribution in [3.63, 3.8) is 0 Å². The summed E-state index contributed by atoms with van der Waals surface area (Å²) in [6.07, 6.45) is 9.34. The maximum atomic E-state index is 4.45. The van der Waals surface area contributed by atoms with E-state index in [0.29, 0.717) is 0 Å². The van der Waals surface area contributed by atoms with Crippen molar-refractivity contribution in [1.82, 2.24) is 9.97 Å². The predicted molar refractivity (Wildman–Crippen MR) is 101 cm³/mol. The SMILES string of the molecule is CCc1ccc(/C=N\Nc2ncnc3sc4c(c23)CCCC4)cc1. The highest BCUT2D eigenvalue weighted by Crippen LogP contribution is 2.38. The average Bonchev–Trinajstić information content (AvgIpc) is 3.02. The number of rotatable bonds is 4. The highest BCUT2D eigenvalue weighted by atomic mass is 32.1. The van der Waals surface area contributed by atoms with E-state index in [2.05, 4.69) is 51.7 Å². The van der Waals surface area contributed by atoms with Crippen molar-refractivity contribution in [2.24, 2.45) is 5.10 Å². The lowest BCUT2D eigenvalue weighted by Gasteiger charge is -2.11. The van der Waals surface area contributed by atoms with Crippen LogP contribution in [-0.4, -0.2) is 16.2 Å². The van der Waals surface area contributed by atoms with Gasteiger partial charge in [-0.1, -0.05) is 31.2 Å². The highest BCUT2D eigenvalue weighted by Gasteiger charge is 2.19. The molecule has 0 atom stereocenters. The van der Waals surface area contributed by atoms with Crippen molar-refractivity contribution >= 4 is 33.6 Å². The minimum Gasteiger partial charge on any atom is -0.261 e. The number of anilines is 1. The zero-order valence-electron chi connectivity index (χ0n) is 13.7. The Morgan fingerprint density at radius 2 is 2.00 bits per heavy atom. The second kappa shape index (κ2) is 6.69. The highest BCUT2D eigenvalue weighted by molar-refractivity contribution is 7.19. The number of aryl methyl sites for hydroxylation is 3. The largest absolute Gasteiger partial charge is 0.261 e. The standard InChI is InChI=1S/C19H20N4S/c1-2-13-7-9-14(10-8-13)11-22-23-18-17-15-5-3-4-6-16(15)24-19(17)21-12-20-18/h7-12H,2-6H2,1H3,(H,20,21,23)/b22-11-. The molecule has 0 bridgehead atoms. The Morgan fingerprint density at radius 3 is 2.83 bits per heavy atom. The van der Waals surface area contributed by atoms with Crippen LogP contribution in [0.4, 0.5) is 5.82 Å². The fraction of sp³-hybridized carbons (Fsp3) is 0.316. The summed E-state index contributed by atoms with van der Waals surface area (Å²) in [5.74, 6) is 0.820. The van der Waals surface area contributed by atoms with Gasteiger partial charge in [-0.2, -0.15) is 5.10 Å². The molecule has 2 heterocycles. The van der Waals surface area contributed by atoms with Gasteiger partial charge >= 0.3 is 0 Å². The van der Waals surface area contributed by atoms with Crippen LogP contribution < -0.4 is 5.43 Å². The number of nitrogens with one attached hydrogen (secondary N) is 1. The number of thiophene rings is 1. The van der Waals surface area contributed by atoms with E-state index in [4.69, 9.17) is 0 Å². The van der Waals surface area contributed by atoms with Gasteiger partial charge in [-0.15, -0.1) is 11.3 Å². The molecule has 4 rings (SSSR count). The first-order chi connectivity index (χ1) is 11.8. The van der Waals surface area contributed by atoms with E-state index in [1.807, 2.05) is 6.21 Å². The quantitative estimate of drug-likeness (QED) is 0.560. The van der Waals surface area contributed by atoms with E-state index in [-0.39, 0.29) is 0 Å². The normalized spacial score (nSPS) is 14.2. The Balaban J connectivity index is 1.60. The molecule has 0 saturated heterocycles. The van der Waals surface area contributed by atoms with Crippen LogP contribution in [0.5, 0.6) is 0 Å². The number of aromatic nitrogens is 2. The Kier molecular flexibility index (Phi) is 4.26. The van der Waals surface area contributed by atoms with Gasteiger partial charge in [0, 0.05) is 4.88 Å². The Hall–Kier alpha value is -2.27. The van der Waals surface area contributed by atoms with Gasteiger partial charge in [0.1, 0.15) is 11.2 Å². The first kappa shape index (κ1) is 15.3. The molecule has 24 heavy (non-hydrogen) atoms. The lowest BCUT2D eigenvalue weighted by Crippen LogP contribution is -2.00. The van der Waals surface area contributed by atoms with E-state index in [9.17, 15) is 0 Å². The molecule has 0 spiro atoms. The summed E-state index contributed by atoms with van der Waals surface area (Å²) in [6.45, 7) is 2.16. The van der Waals surface area contributed by atoms with Crippen molar-refractivity contribution in [3.8, 4) is 0 Å². The first-order valence-corrected chi connectivity index (χ1v) is 9.30. The molecule has 5 heteroatoms. The minimum absolute atomic E-state index is 0.820. The molecule has 1 aromatic carbocycles. The average molecular weight is 336 g/mol. The number of benzene rings is 1. The summed E-state index contributed by atoms with van der Waals surface area (Å²) < 4.78 is 0. The monoisotopic (exact) mass is 336 g/mol. The second-order valence-electron chi connectivity index (χ2n) is 6.08. The molecule has 0 aliphatic heterocycles. The van der Waals surface area contributed by atoms with Gasteiger partial charge < -0.3 is 0 Å². The van der Waals surface area contributed by atoms with Crippen molar-refractivity contribution in [2.45, 2.75) is 39.0 Å². The first-order valence-electron chi connectivity index (χ1n) is 8.48. The van der Waals surface area contributed by atoms with E-state index in [1.54, 1.807) is 17.7 Å². The predicted octanol–water partition coefficient (Wildman–Crippen LogP) is 4.58. The summed E-state index contributed by atoms with van der Waals surface area (Å²) in [7, 11) is 0. The van der Waals surface area contributed by atoms with Crippen LogP contribution in [0.15, 0.2) is 35.7 Å². The molecule has 0 unspecified atom stereocenters. The van der Waals surface area contributed by atoms with Crippen molar-refractivity contribution < 1.29 is 0 Å². The number of hydrazone groups is 1. The molecular weight excluding hydrogens is 316 g/mol. The maximum absolute atomic E-state index is 4.45. The van der Waals surface area contributed by atoms with E-state index >= 15 is 0 Å². The van der Waals surface area contributed by atoms with Gasteiger partial charge in [0.25, 0.3) is 0 Å². The zero-order valence-corrected chi connectivity index (χ0v) is 14.6. The Bertz CT molecular complexity index is 880. The molecule has 122 valence electrons. The molecule has 0 fully saturated rings. The van der Waals surface area contributed by atoms with Crippen molar-refractivity contribution in [3.05, 3.63) is 52.2 Å². The fourth-order valence-corrected chi connectivity index (χ4v) is 4.41. The molecule has 0 radical (unpaired) electrons. The third-order valence-corrected chi connectivity index (χ3v) is 5.72. The number of hydrogen-bond acceptors (Lipinski definition) is 5. The Morgan fingerprint density at radius 1 is 1.17 bits per heavy atom. The summed E-state index contributed by atoms with van der Waals surface area (Å²) in [6, 6.07) is 8.46. The number of fused-ring (bicyclic) bond motifs is 3. The lowest BCUT2D eigenvalue weighted by atomic mass is 9.97. The van der Waals surface area contributed by atoms with Crippen molar-refractivity contribution in [1.29, 1.82) is 0 Å². The van der Waals surface area contributed by atoms with Crippen LogP contribution in [0, 0.1) is 0 Å². The molecular formula is C19H20N4S. The fourth-order valence-electron chi connectivity index (χ4n) is 3.18. The molecule has 4 nitrogen and oxygen atoms in total. The second-order valence-corrected chi connectivity index (χ2v) is 7.16. The molecule has 1 aliphatic carbocycles. The van der Waals surface area contributed by atoms with E-state index < -0.39 is 0 Å². The van der Waals surface area contributed by atoms with Gasteiger partial charge in [-0.25, -0.2) is 9.97 Å². The molecule has 3 aromatic rings. The summed E-state index contributed by atoms with van der Waals surface area (Å²) in [5.41, 5.74) is 6.97. The summed E-state index contributed by atoms with van der Waals surface area (Å²) in [5, 5.41) is 5.55. The summed E-state index contributed by atoms with van der Waals surface area (Å²) in [4.78, 5) is 11.4. The number of hydrogen-bond donors (Lipinski definition) is 1. The third-order valence-electron chi connectivity index (χ3n) is 4.52. The van der Waals surface area contributed by atoms with Crippen LogP contribution in [-0.2, 0) is 19.3 Å². The van der Waals surface area contributed by atoms with Crippen molar-refractivity contribution in [2.75, 3.05) is 5.43 Å². The molecule has 0 amide bonds. The topological polar surface area (TPSA) is 50.2 Å². The van der Waals surface area contributed by atoms with Gasteiger partial charge in [0.2, 0.25) is 0 Å². The lowest BCUT2D eigenvalue weighted by molar-refractivity contribution is 0.700. The third kappa shape index (κ3) is 2.91. The van der Waals surface area contributed by atoms with Crippen LogP contribution >= 0.6 is 11.3 Å².